The first-order valence-corrected chi connectivity index (χ1v) is 9.30. The Morgan fingerprint density at radius 3 is 2.11 bits per heavy atom. The van der Waals surface area contributed by atoms with E-state index in [2.05, 4.69) is 25.0 Å². The highest BCUT2D eigenvalue weighted by Crippen LogP contribution is 2.18. The lowest BCUT2D eigenvalue weighted by molar-refractivity contribution is 0.0987. The Bertz CT molecular complexity index is 909. The van der Waals surface area contributed by atoms with Crippen molar-refractivity contribution in [3.8, 4) is 0 Å². The molecule has 0 radical (unpaired) electrons. The Morgan fingerprint density at radius 2 is 1.50 bits per heavy atom. The number of aromatic nitrogens is 3. The molecule has 1 amide bonds. The van der Waals surface area contributed by atoms with Crippen LogP contribution >= 0.6 is 0 Å². The SMILES string of the molecule is CN(C(=O)c1ccc(N2CCN(c3ccccn3)CC2)nn1)c1ccccc1. The third kappa shape index (κ3) is 3.78. The largest absolute Gasteiger partial charge is 0.353 e. The van der Waals surface area contributed by atoms with Crippen molar-refractivity contribution in [3.05, 3.63) is 72.6 Å². The molecular weight excluding hydrogens is 352 g/mol. The minimum absolute atomic E-state index is 0.176. The molecule has 3 aromatic rings. The predicted molar refractivity (Wildman–Crippen MR) is 110 cm³/mol. The van der Waals surface area contributed by atoms with Crippen LogP contribution in [0, 0.1) is 0 Å². The zero-order chi connectivity index (χ0) is 19.3. The summed E-state index contributed by atoms with van der Waals surface area (Å²) >= 11 is 0. The molecule has 0 bridgehead atoms. The summed E-state index contributed by atoms with van der Waals surface area (Å²) in [5.41, 5.74) is 1.16. The Labute approximate surface area is 164 Å². The standard InChI is InChI=1S/C21H22N6O/c1-25(17-7-3-2-4-8-17)21(28)18-10-11-20(24-23-18)27-15-13-26(14-16-27)19-9-5-6-12-22-19/h2-12H,13-16H2,1H3. The zero-order valence-corrected chi connectivity index (χ0v) is 15.8. The summed E-state index contributed by atoms with van der Waals surface area (Å²) in [6.07, 6.45) is 1.81. The molecule has 1 fully saturated rings. The van der Waals surface area contributed by atoms with E-state index in [1.54, 1.807) is 18.0 Å². The van der Waals surface area contributed by atoms with Crippen molar-refractivity contribution in [2.75, 3.05) is 47.9 Å². The van der Waals surface area contributed by atoms with E-state index in [0.29, 0.717) is 5.69 Å². The first-order chi connectivity index (χ1) is 13.7. The molecule has 0 N–H and O–H groups in total. The third-order valence-electron chi connectivity index (χ3n) is 4.89. The second kappa shape index (κ2) is 8.04. The Balaban J connectivity index is 1.39. The van der Waals surface area contributed by atoms with Gasteiger partial charge in [-0.25, -0.2) is 4.98 Å². The summed E-state index contributed by atoms with van der Waals surface area (Å²) in [4.78, 5) is 23.1. The van der Waals surface area contributed by atoms with Crippen molar-refractivity contribution >= 4 is 23.2 Å². The molecule has 0 aliphatic carbocycles. The number of carbonyl (C=O) groups is 1. The van der Waals surface area contributed by atoms with Crippen molar-refractivity contribution in [1.82, 2.24) is 15.2 Å². The number of piperazine rings is 1. The molecule has 1 aromatic carbocycles. The fraction of sp³-hybridized carbons (Fsp3) is 0.238. The molecular formula is C21H22N6O. The number of rotatable bonds is 4. The second-order valence-electron chi connectivity index (χ2n) is 6.64. The van der Waals surface area contributed by atoms with Gasteiger partial charge in [0, 0.05) is 45.1 Å². The first-order valence-electron chi connectivity index (χ1n) is 9.30. The van der Waals surface area contributed by atoms with E-state index in [1.807, 2.05) is 60.8 Å². The number of anilines is 3. The lowest BCUT2D eigenvalue weighted by atomic mass is 10.2. The van der Waals surface area contributed by atoms with Crippen molar-refractivity contribution in [2.24, 2.45) is 0 Å². The van der Waals surface area contributed by atoms with E-state index in [9.17, 15) is 4.79 Å². The summed E-state index contributed by atoms with van der Waals surface area (Å²) < 4.78 is 0. The summed E-state index contributed by atoms with van der Waals surface area (Å²) in [5, 5.41) is 8.46. The van der Waals surface area contributed by atoms with Gasteiger partial charge < -0.3 is 14.7 Å². The van der Waals surface area contributed by atoms with Gasteiger partial charge in [-0.2, -0.15) is 0 Å². The van der Waals surface area contributed by atoms with Gasteiger partial charge in [-0.05, 0) is 36.4 Å². The van der Waals surface area contributed by atoms with Gasteiger partial charge in [0.05, 0.1) is 0 Å². The molecule has 3 heterocycles. The van der Waals surface area contributed by atoms with Gasteiger partial charge in [-0.15, -0.1) is 10.2 Å². The molecule has 1 aliphatic heterocycles. The van der Waals surface area contributed by atoms with E-state index in [0.717, 1.165) is 43.5 Å². The lowest BCUT2D eigenvalue weighted by Crippen LogP contribution is -2.47. The van der Waals surface area contributed by atoms with Gasteiger partial charge in [0.1, 0.15) is 5.82 Å². The lowest BCUT2D eigenvalue weighted by Gasteiger charge is -2.35. The molecule has 28 heavy (non-hydrogen) atoms. The average Bonchev–Trinajstić information content (AvgIpc) is 2.79. The summed E-state index contributed by atoms with van der Waals surface area (Å²) in [6, 6.07) is 19.1. The number of pyridine rings is 1. The number of benzene rings is 1. The maximum absolute atomic E-state index is 12.6. The summed E-state index contributed by atoms with van der Waals surface area (Å²) in [6.45, 7) is 3.41. The van der Waals surface area contributed by atoms with Gasteiger partial charge in [-0.3, -0.25) is 4.79 Å². The molecule has 0 atom stereocenters. The van der Waals surface area contributed by atoms with Crippen LogP contribution in [0.25, 0.3) is 0 Å². The minimum Gasteiger partial charge on any atom is -0.353 e. The molecule has 2 aromatic heterocycles. The van der Waals surface area contributed by atoms with Crippen LogP contribution in [0.4, 0.5) is 17.3 Å². The monoisotopic (exact) mass is 374 g/mol. The van der Waals surface area contributed by atoms with Crippen molar-refractivity contribution < 1.29 is 4.79 Å². The van der Waals surface area contributed by atoms with Crippen LogP contribution < -0.4 is 14.7 Å². The molecule has 0 saturated carbocycles. The molecule has 1 aliphatic rings. The molecule has 7 heteroatoms. The smallest absolute Gasteiger partial charge is 0.278 e. The number of nitrogens with zero attached hydrogens (tertiary/aromatic N) is 6. The van der Waals surface area contributed by atoms with Gasteiger partial charge in [0.2, 0.25) is 0 Å². The van der Waals surface area contributed by atoms with Crippen molar-refractivity contribution in [3.63, 3.8) is 0 Å². The van der Waals surface area contributed by atoms with Crippen LogP contribution in [0.2, 0.25) is 0 Å². The van der Waals surface area contributed by atoms with Crippen molar-refractivity contribution in [2.45, 2.75) is 0 Å². The molecule has 1 saturated heterocycles. The normalized spacial score (nSPS) is 14.0. The van der Waals surface area contributed by atoms with Gasteiger partial charge in [0.15, 0.2) is 11.5 Å². The second-order valence-corrected chi connectivity index (χ2v) is 6.64. The maximum Gasteiger partial charge on any atom is 0.278 e. The van der Waals surface area contributed by atoms with Crippen LogP contribution in [0.3, 0.4) is 0 Å². The fourth-order valence-corrected chi connectivity index (χ4v) is 3.25. The van der Waals surface area contributed by atoms with E-state index in [-0.39, 0.29) is 5.91 Å². The van der Waals surface area contributed by atoms with Gasteiger partial charge in [0.25, 0.3) is 5.91 Å². The molecule has 4 rings (SSSR count). The highest BCUT2D eigenvalue weighted by atomic mass is 16.2. The average molecular weight is 374 g/mol. The van der Waals surface area contributed by atoms with Crippen LogP contribution in [0.15, 0.2) is 66.9 Å². The highest BCUT2D eigenvalue weighted by molar-refractivity contribution is 6.04. The summed E-state index contributed by atoms with van der Waals surface area (Å²) in [7, 11) is 1.74. The number of para-hydroxylation sites is 1. The Kier molecular flexibility index (Phi) is 5.14. The number of amides is 1. The van der Waals surface area contributed by atoms with Crippen LogP contribution in [0.5, 0.6) is 0 Å². The van der Waals surface area contributed by atoms with E-state index >= 15 is 0 Å². The zero-order valence-electron chi connectivity index (χ0n) is 15.8. The van der Waals surface area contributed by atoms with E-state index in [1.165, 1.54) is 0 Å². The van der Waals surface area contributed by atoms with Crippen LogP contribution in [-0.4, -0.2) is 54.3 Å². The van der Waals surface area contributed by atoms with Gasteiger partial charge in [-0.1, -0.05) is 24.3 Å². The topological polar surface area (TPSA) is 65.5 Å². The first kappa shape index (κ1) is 17.9. The third-order valence-corrected chi connectivity index (χ3v) is 4.89. The van der Waals surface area contributed by atoms with E-state index in [4.69, 9.17) is 0 Å². The van der Waals surface area contributed by atoms with Crippen molar-refractivity contribution in [1.29, 1.82) is 0 Å². The Morgan fingerprint density at radius 1 is 0.821 bits per heavy atom. The van der Waals surface area contributed by atoms with Gasteiger partial charge >= 0.3 is 0 Å². The number of hydrogen-bond donors (Lipinski definition) is 0. The quantitative estimate of drug-likeness (QED) is 0.699. The molecule has 7 nitrogen and oxygen atoms in total. The minimum atomic E-state index is -0.176. The fourth-order valence-electron chi connectivity index (χ4n) is 3.25. The maximum atomic E-state index is 12.6. The number of hydrogen-bond acceptors (Lipinski definition) is 6. The predicted octanol–water partition coefficient (Wildman–Crippen LogP) is 2.47. The molecule has 0 spiro atoms. The van der Waals surface area contributed by atoms with Crippen LogP contribution in [-0.2, 0) is 0 Å². The Hall–Kier alpha value is -3.48. The highest BCUT2D eigenvalue weighted by Gasteiger charge is 2.20. The summed E-state index contributed by atoms with van der Waals surface area (Å²) in [5.74, 6) is 1.61. The van der Waals surface area contributed by atoms with Crippen LogP contribution in [0.1, 0.15) is 10.5 Å². The van der Waals surface area contributed by atoms with E-state index < -0.39 is 0 Å². The molecule has 142 valence electrons. The molecule has 0 unspecified atom stereocenters. The number of carbonyl (C=O) groups excluding carboxylic acids is 1.